The van der Waals surface area contributed by atoms with Gasteiger partial charge in [0.1, 0.15) is 0 Å². The Morgan fingerprint density at radius 2 is 1.67 bits per heavy atom. The number of hydrogen-bond acceptors (Lipinski definition) is 2. The van der Waals surface area contributed by atoms with E-state index in [9.17, 15) is 4.79 Å². The summed E-state index contributed by atoms with van der Waals surface area (Å²) in [7, 11) is 0. The topological polar surface area (TPSA) is 29.1 Å². The normalized spacial score (nSPS) is 12.8. The van der Waals surface area contributed by atoms with Gasteiger partial charge in [-0.3, -0.25) is 4.79 Å². The summed E-state index contributed by atoms with van der Waals surface area (Å²) in [5.74, 6) is -0.171. The maximum atomic E-state index is 12.3. The van der Waals surface area contributed by atoms with Gasteiger partial charge in [0.15, 0.2) is 0 Å². The van der Waals surface area contributed by atoms with Gasteiger partial charge in [-0.25, -0.2) is 0 Å². The van der Waals surface area contributed by atoms with E-state index in [1.807, 2.05) is 67.6 Å². The quantitative estimate of drug-likeness (QED) is 0.637. The van der Waals surface area contributed by atoms with E-state index in [-0.39, 0.29) is 11.9 Å². The molecule has 0 aliphatic rings. The predicted octanol–water partition coefficient (Wildman–Crippen LogP) is 4.74. The first-order valence-electron chi connectivity index (χ1n) is 6.60. The lowest BCUT2D eigenvalue weighted by molar-refractivity contribution is -0.117. The van der Waals surface area contributed by atoms with Crippen molar-refractivity contribution < 1.29 is 4.79 Å². The van der Waals surface area contributed by atoms with Crippen LogP contribution < -0.4 is 5.32 Å². The number of hydrogen-bond donors (Lipinski definition) is 1. The Kier molecular flexibility index (Phi) is 5.90. The highest BCUT2D eigenvalue weighted by Gasteiger charge is 2.14. The predicted molar refractivity (Wildman–Crippen MR) is 89.2 cm³/mol. The van der Waals surface area contributed by atoms with Gasteiger partial charge in [0.05, 0.1) is 10.9 Å². The molecule has 0 radical (unpaired) electrons. The molecule has 108 valence electrons. The van der Waals surface area contributed by atoms with Crippen LogP contribution in [0.1, 0.15) is 18.5 Å². The van der Waals surface area contributed by atoms with Crippen LogP contribution in [0.3, 0.4) is 0 Å². The number of benzene rings is 2. The lowest BCUT2D eigenvalue weighted by Gasteiger charge is -2.15. The van der Waals surface area contributed by atoms with Crippen molar-refractivity contribution in [3.8, 4) is 0 Å². The molecule has 21 heavy (non-hydrogen) atoms. The molecule has 0 saturated heterocycles. The molecule has 0 aliphatic carbocycles. The summed E-state index contributed by atoms with van der Waals surface area (Å²) >= 11 is 7.15. The Hall–Kier alpha value is -1.71. The summed E-state index contributed by atoms with van der Waals surface area (Å²) in [5, 5.41) is 2.95. The minimum Gasteiger partial charge on any atom is -0.345 e. The number of rotatable bonds is 5. The van der Waals surface area contributed by atoms with E-state index in [1.54, 1.807) is 0 Å². The van der Waals surface area contributed by atoms with Crippen LogP contribution in [-0.2, 0) is 4.79 Å². The van der Waals surface area contributed by atoms with Gasteiger partial charge in [0.2, 0.25) is 0 Å². The number of carbonyl (C=O) groups is 1. The fourth-order valence-electron chi connectivity index (χ4n) is 1.83. The van der Waals surface area contributed by atoms with E-state index >= 15 is 0 Å². The summed E-state index contributed by atoms with van der Waals surface area (Å²) in [6, 6.07) is 19.4. The van der Waals surface area contributed by atoms with Gasteiger partial charge >= 0.3 is 0 Å². The van der Waals surface area contributed by atoms with Gasteiger partial charge in [-0.2, -0.15) is 0 Å². The molecule has 0 aliphatic heterocycles. The molecule has 1 atom stereocenters. The third-order valence-corrected chi connectivity index (χ3v) is 4.32. The first kappa shape index (κ1) is 15.7. The molecular weight excluding hydrogens is 302 g/mol. The SMILES string of the molecule is C[C@H](NC(=O)/C(=C/Cl)Sc1ccccc1)c1ccccc1. The summed E-state index contributed by atoms with van der Waals surface area (Å²) in [6.45, 7) is 1.95. The van der Waals surface area contributed by atoms with Crippen LogP contribution in [0.2, 0.25) is 0 Å². The smallest absolute Gasteiger partial charge is 0.259 e. The van der Waals surface area contributed by atoms with Crippen LogP contribution in [0.5, 0.6) is 0 Å². The number of nitrogens with one attached hydrogen (secondary N) is 1. The van der Waals surface area contributed by atoms with Crippen molar-refractivity contribution in [1.82, 2.24) is 5.32 Å². The summed E-state index contributed by atoms with van der Waals surface area (Å²) in [6.07, 6.45) is 0. The molecule has 2 aromatic rings. The molecule has 0 heterocycles. The van der Waals surface area contributed by atoms with Crippen molar-refractivity contribution in [2.24, 2.45) is 0 Å². The summed E-state index contributed by atoms with van der Waals surface area (Å²) in [4.78, 5) is 13.7. The Labute approximate surface area is 134 Å². The minimum atomic E-state index is -0.171. The molecule has 1 N–H and O–H groups in total. The van der Waals surface area contributed by atoms with Gasteiger partial charge in [-0.1, -0.05) is 71.9 Å². The Morgan fingerprint density at radius 1 is 1.10 bits per heavy atom. The lowest BCUT2D eigenvalue weighted by atomic mass is 10.1. The van der Waals surface area contributed by atoms with Crippen molar-refractivity contribution >= 4 is 29.3 Å². The van der Waals surface area contributed by atoms with E-state index in [0.29, 0.717) is 4.91 Å². The maximum Gasteiger partial charge on any atom is 0.259 e. The molecule has 0 spiro atoms. The monoisotopic (exact) mass is 317 g/mol. The Balaban J connectivity index is 2.01. The van der Waals surface area contributed by atoms with Crippen LogP contribution in [0.4, 0.5) is 0 Å². The van der Waals surface area contributed by atoms with E-state index in [2.05, 4.69) is 5.32 Å². The third kappa shape index (κ3) is 4.66. The van der Waals surface area contributed by atoms with Gasteiger partial charge in [0, 0.05) is 10.4 Å². The second-order valence-corrected chi connectivity index (χ2v) is 5.83. The number of thioether (sulfide) groups is 1. The highest BCUT2D eigenvalue weighted by atomic mass is 35.5. The van der Waals surface area contributed by atoms with Crippen LogP contribution in [0, 0.1) is 0 Å². The van der Waals surface area contributed by atoms with Gasteiger partial charge < -0.3 is 5.32 Å². The number of amides is 1. The molecule has 0 unspecified atom stereocenters. The van der Waals surface area contributed by atoms with Crippen LogP contribution >= 0.6 is 23.4 Å². The van der Waals surface area contributed by atoms with E-state index in [1.165, 1.54) is 17.3 Å². The number of halogens is 1. The van der Waals surface area contributed by atoms with Crippen LogP contribution in [0.25, 0.3) is 0 Å². The van der Waals surface area contributed by atoms with Crippen molar-refractivity contribution in [1.29, 1.82) is 0 Å². The molecule has 0 fully saturated rings. The zero-order valence-corrected chi connectivity index (χ0v) is 13.2. The second-order valence-electron chi connectivity index (χ2n) is 4.49. The highest BCUT2D eigenvalue weighted by Crippen LogP contribution is 2.27. The molecule has 1 amide bonds. The van der Waals surface area contributed by atoms with Gasteiger partial charge in [-0.15, -0.1) is 0 Å². The Morgan fingerprint density at radius 3 is 2.24 bits per heavy atom. The van der Waals surface area contributed by atoms with Crippen LogP contribution in [-0.4, -0.2) is 5.91 Å². The first-order chi connectivity index (χ1) is 10.2. The fraction of sp³-hybridized carbons (Fsp3) is 0.118. The molecule has 2 rings (SSSR count). The molecule has 0 bridgehead atoms. The van der Waals surface area contributed by atoms with E-state index < -0.39 is 0 Å². The van der Waals surface area contributed by atoms with Crippen molar-refractivity contribution in [3.05, 3.63) is 76.7 Å². The van der Waals surface area contributed by atoms with Crippen molar-refractivity contribution in [2.75, 3.05) is 0 Å². The van der Waals surface area contributed by atoms with Crippen LogP contribution in [0.15, 0.2) is 76.0 Å². The average Bonchev–Trinajstić information content (AvgIpc) is 2.54. The fourth-order valence-corrected chi connectivity index (χ4v) is 2.80. The third-order valence-electron chi connectivity index (χ3n) is 2.94. The maximum absolute atomic E-state index is 12.3. The highest BCUT2D eigenvalue weighted by molar-refractivity contribution is 8.04. The molecule has 0 aromatic heterocycles. The van der Waals surface area contributed by atoms with Gasteiger partial charge in [0.25, 0.3) is 5.91 Å². The molecule has 4 heteroatoms. The average molecular weight is 318 g/mol. The Bertz CT molecular complexity index is 613. The van der Waals surface area contributed by atoms with Gasteiger partial charge in [-0.05, 0) is 24.6 Å². The second kappa shape index (κ2) is 7.91. The molecular formula is C17H16ClNOS. The minimum absolute atomic E-state index is 0.0679. The largest absolute Gasteiger partial charge is 0.345 e. The lowest BCUT2D eigenvalue weighted by Crippen LogP contribution is -2.27. The molecule has 2 aromatic carbocycles. The zero-order chi connectivity index (χ0) is 15.1. The van der Waals surface area contributed by atoms with Crippen molar-refractivity contribution in [3.63, 3.8) is 0 Å². The molecule has 2 nitrogen and oxygen atoms in total. The summed E-state index contributed by atoms with van der Waals surface area (Å²) in [5.41, 5.74) is 2.38. The first-order valence-corrected chi connectivity index (χ1v) is 7.85. The molecule has 0 saturated carbocycles. The van der Waals surface area contributed by atoms with Crippen molar-refractivity contribution in [2.45, 2.75) is 17.9 Å². The standard InChI is InChI=1S/C17H16ClNOS/c1-13(14-8-4-2-5-9-14)19-17(20)16(12-18)21-15-10-6-3-7-11-15/h2-13H,1H3,(H,19,20)/b16-12-/t13-/m0/s1. The van der Waals surface area contributed by atoms with E-state index in [0.717, 1.165) is 10.5 Å². The summed E-state index contributed by atoms with van der Waals surface area (Å²) < 4.78 is 0. The van der Waals surface area contributed by atoms with E-state index in [4.69, 9.17) is 11.6 Å². The number of carbonyl (C=O) groups excluding carboxylic acids is 1. The zero-order valence-electron chi connectivity index (χ0n) is 11.6.